The number of carbonyl (C=O) groups is 2. The van der Waals surface area contributed by atoms with E-state index in [1.807, 2.05) is 20.8 Å². The van der Waals surface area contributed by atoms with Crippen molar-refractivity contribution < 1.29 is 19.1 Å². The molecule has 0 aromatic rings. The van der Waals surface area contributed by atoms with Gasteiger partial charge in [-0.15, -0.1) is 0 Å². The zero-order valence-corrected chi connectivity index (χ0v) is 10.2. The van der Waals surface area contributed by atoms with Gasteiger partial charge in [-0.3, -0.25) is 0 Å². The molecule has 0 aromatic carbocycles. The van der Waals surface area contributed by atoms with Crippen LogP contribution in [0.2, 0.25) is 0 Å². The van der Waals surface area contributed by atoms with Gasteiger partial charge in [0.05, 0.1) is 25.4 Å². The predicted molar refractivity (Wildman–Crippen MR) is 58.6 cm³/mol. The second kappa shape index (κ2) is 4.12. The smallest absolute Gasteiger partial charge is 0.338 e. The fraction of sp³-hybridized carbons (Fsp3) is 0.500. The van der Waals surface area contributed by atoms with E-state index in [-0.39, 0.29) is 11.0 Å². The Morgan fingerprint density at radius 3 is 2.06 bits per heavy atom. The standard InChI is InChI=1S/C12H16O4/c1-7-9(11(14)16-5)8(10(13)15-4)6-12(7,2)3/h6H,1-5H3. The lowest BCUT2D eigenvalue weighted by Crippen LogP contribution is -2.14. The number of carbonyl (C=O) groups excluding carboxylic acids is 2. The van der Waals surface area contributed by atoms with Crippen LogP contribution in [-0.4, -0.2) is 26.2 Å². The Bertz CT molecular complexity index is 399. The Kier molecular flexibility index (Phi) is 3.21. The third-order valence-electron chi connectivity index (χ3n) is 2.91. The van der Waals surface area contributed by atoms with E-state index >= 15 is 0 Å². The van der Waals surface area contributed by atoms with Crippen molar-refractivity contribution in [3.63, 3.8) is 0 Å². The summed E-state index contributed by atoms with van der Waals surface area (Å²) in [6, 6.07) is 0. The van der Waals surface area contributed by atoms with Gasteiger partial charge in [0.25, 0.3) is 0 Å². The van der Waals surface area contributed by atoms with Crippen LogP contribution in [-0.2, 0) is 19.1 Å². The molecule has 0 N–H and O–H groups in total. The quantitative estimate of drug-likeness (QED) is 0.669. The summed E-state index contributed by atoms with van der Waals surface area (Å²) in [5, 5.41) is 0. The van der Waals surface area contributed by atoms with Gasteiger partial charge in [-0.1, -0.05) is 19.9 Å². The minimum Gasteiger partial charge on any atom is -0.465 e. The maximum absolute atomic E-state index is 11.6. The fourth-order valence-corrected chi connectivity index (χ4v) is 1.70. The lowest BCUT2D eigenvalue weighted by molar-refractivity contribution is -0.139. The Hall–Kier alpha value is -1.58. The van der Waals surface area contributed by atoms with Crippen LogP contribution < -0.4 is 0 Å². The monoisotopic (exact) mass is 224 g/mol. The molecule has 1 aliphatic carbocycles. The van der Waals surface area contributed by atoms with Crippen molar-refractivity contribution in [3.8, 4) is 0 Å². The highest BCUT2D eigenvalue weighted by molar-refractivity contribution is 6.09. The van der Waals surface area contributed by atoms with E-state index in [0.29, 0.717) is 5.57 Å². The van der Waals surface area contributed by atoms with Crippen LogP contribution in [0.5, 0.6) is 0 Å². The van der Waals surface area contributed by atoms with Crippen LogP contribution in [0.3, 0.4) is 0 Å². The number of esters is 2. The normalized spacial score (nSPS) is 18.2. The highest BCUT2D eigenvalue weighted by atomic mass is 16.5. The van der Waals surface area contributed by atoms with Gasteiger partial charge in [-0.2, -0.15) is 0 Å². The Morgan fingerprint density at radius 2 is 1.62 bits per heavy atom. The van der Waals surface area contributed by atoms with Crippen molar-refractivity contribution in [1.29, 1.82) is 0 Å². The van der Waals surface area contributed by atoms with Crippen molar-refractivity contribution >= 4 is 11.9 Å². The molecule has 1 rings (SSSR count). The van der Waals surface area contributed by atoms with Crippen LogP contribution >= 0.6 is 0 Å². The lowest BCUT2D eigenvalue weighted by Gasteiger charge is -2.17. The van der Waals surface area contributed by atoms with Crippen LogP contribution in [0.25, 0.3) is 0 Å². The van der Waals surface area contributed by atoms with E-state index in [9.17, 15) is 9.59 Å². The average molecular weight is 224 g/mol. The molecule has 1 aliphatic rings. The average Bonchev–Trinajstić information content (AvgIpc) is 2.48. The molecule has 0 atom stereocenters. The molecular weight excluding hydrogens is 208 g/mol. The van der Waals surface area contributed by atoms with E-state index in [0.717, 1.165) is 5.57 Å². The van der Waals surface area contributed by atoms with Gasteiger partial charge in [0, 0.05) is 5.41 Å². The number of methoxy groups -OCH3 is 2. The Morgan fingerprint density at radius 1 is 1.12 bits per heavy atom. The zero-order valence-electron chi connectivity index (χ0n) is 10.2. The maximum Gasteiger partial charge on any atom is 0.338 e. The highest BCUT2D eigenvalue weighted by Gasteiger charge is 2.37. The van der Waals surface area contributed by atoms with Crippen molar-refractivity contribution in [2.75, 3.05) is 14.2 Å². The molecule has 0 heterocycles. The van der Waals surface area contributed by atoms with Crippen LogP contribution in [0, 0.1) is 5.41 Å². The molecule has 0 radical (unpaired) electrons. The van der Waals surface area contributed by atoms with Gasteiger partial charge in [0.1, 0.15) is 0 Å². The van der Waals surface area contributed by atoms with Gasteiger partial charge in [-0.25, -0.2) is 9.59 Å². The molecule has 16 heavy (non-hydrogen) atoms. The first kappa shape index (κ1) is 12.5. The van der Waals surface area contributed by atoms with E-state index in [2.05, 4.69) is 9.47 Å². The summed E-state index contributed by atoms with van der Waals surface area (Å²) in [4.78, 5) is 23.2. The lowest BCUT2D eigenvalue weighted by atomic mass is 9.87. The van der Waals surface area contributed by atoms with Crippen molar-refractivity contribution in [3.05, 3.63) is 22.8 Å². The second-order valence-corrected chi connectivity index (χ2v) is 4.26. The number of hydrogen-bond donors (Lipinski definition) is 0. The number of ether oxygens (including phenoxy) is 2. The van der Waals surface area contributed by atoms with Crippen molar-refractivity contribution in [2.24, 2.45) is 5.41 Å². The van der Waals surface area contributed by atoms with E-state index < -0.39 is 11.9 Å². The van der Waals surface area contributed by atoms with Gasteiger partial charge >= 0.3 is 11.9 Å². The summed E-state index contributed by atoms with van der Waals surface area (Å²) in [7, 11) is 2.58. The number of hydrogen-bond acceptors (Lipinski definition) is 4. The molecule has 4 heteroatoms. The summed E-state index contributed by atoms with van der Waals surface area (Å²) in [5.74, 6) is -1.01. The molecule has 0 aromatic heterocycles. The van der Waals surface area contributed by atoms with Gasteiger partial charge < -0.3 is 9.47 Å². The summed E-state index contributed by atoms with van der Waals surface area (Å²) < 4.78 is 9.33. The third-order valence-corrected chi connectivity index (χ3v) is 2.91. The second-order valence-electron chi connectivity index (χ2n) is 4.26. The molecule has 4 nitrogen and oxygen atoms in total. The van der Waals surface area contributed by atoms with Crippen molar-refractivity contribution in [2.45, 2.75) is 20.8 Å². The molecule has 0 bridgehead atoms. The van der Waals surface area contributed by atoms with E-state index in [4.69, 9.17) is 0 Å². The maximum atomic E-state index is 11.6. The zero-order chi connectivity index (χ0) is 12.5. The molecule has 0 saturated heterocycles. The third kappa shape index (κ3) is 1.87. The fourth-order valence-electron chi connectivity index (χ4n) is 1.70. The summed E-state index contributed by atoms with van der Waals surface area (Å²) >= 11 is 0. The van der Waals surface area contributed by atoms with E-state index in [1.165, 1.54) is 14.2 Å². The van der Waals surface area contributed by atoms with Crippen LogP contribution in [0.1, 0.15) is 20.8 Å². The number of allylic oxidation sites excluding steroid dienone is 2. The Balaban J connectivity index is 3.29. The van der Waals surface area contributed by atoms with Gasteiger partial charge in [-0.05, 0) is 12.5 Å². The van der Waals surface area contributed by atoms with Gasteiger partial charge in [0.2, 0.25) is 0 Å². The largest absolute Gasteiger partial charge is 0.465 e. The predicted octanol–water partition coefficient (Wildman–Crippen LogP) is 1.62. The summed E-state index contributed by atoms with van der Waals surface area (Å²) in [6.45, 7) is 5.68. The summed E-state index contributed by atoms with van der Waals surface area (Å²) in [6.07, 6.45) is 1.74. The van der Waals surface area contributed by atoms with Gasteiger partial charge in [0.15, 0.2) is 0 Å². The summed E-state index contributed by atoms with van der Waals surface area (Å²) in [5.41, 5.74) is 1.10. The molecule has 88 valence electrons. The first-order chi connectivity index (χ1) is 7.35. The van der Waals surface area contributed by atoms with Crippen LogP contribution in [0.15, 0.2) is 22.8 Å². The molecule has 0 fully saturated rings. The van der Waals surface area contributed by atoms with E-state index in [1.54, 1.807) is 6.08 Å². The topological polar surface area (TPSA) is 52.6 Å². The minimum absolute atomic E-state index is 0.289. The first-order valence-electron chi connectivity index (χ1n) is 4.96. The van der Waals surface area contributed by atoms with Crippen molar-refractivity contribution in [1.82, 2.24) is 0 Å². The molecule has 0 saturated carbocycles. The molecule has 0 amide bonds. The molecule has 0 spiro atoms. The number of rotatable bonds is 2. The highest BCUT2D eigenvalue weighted by Crippen LogP contribution is 2.41. The molecule has 0 unspecified atom stereocenters. The SMILES string of the molecule is COC(=O)C1=CC(C)(C)C(C)=C1C(=O)OC. The molecule has 0 aliphatic heterocycles. The first-order valence-corrected chi connectivity index (χ1v) is 4.96. The molecular formula is C12H16O4. The minimum atomic E-state index is -0.509. The Labute approximate surface area is 94.9 Å². The van der Waals surface area contributed by atoms with Crippen LogP contribution in [0.4, 0.5) is 0 Å².